The second kappa shape index (κ2) is 6.39. The van der Waals surface area contributed by atoms with Crippen LogP contribution in [0.15, 0.2) is 30.6 Å². The first-order valence-electron chi connectivity index (χ1n) is 8.76. The van der Waals surface area contributed by atoms with Gasteiger partial charge in [0.2, 0.25) is 0 Å². The largest absolute Gasteiger partial charge is 0.329 e. The van der Waals surface area contributed by atoms with Gasteiger partial charge in [-0.1, -0.05) is 12.1 Å². The number of likely N-dealkylation sites (tertiary alicyclic amines) is 2. The van der Waals surface area contributed by atoms with Gasteiger partial charge in [0.1, 0.15) is 0 Å². The van der Waals surface area contributed by atoms with Crippen LogP contribution in [0.3, 0.4) is 0 Å². The van der Waals surface area contributed by atoms with Crippen molar-refractivity contribution < 1.29 is 0 Å². The summed E-state index contributed by atoms with van der Waals surface area (Å²) in [7, 11) is 0. The maximum atomic E-state index is 4.50. The van der Waals surface area contributed by atoms with Crippen LogP contribution in [0.5, 0.6) is 0 Å². The molecule has 2 aliphatic heterocycles. The molecule has 0 N–H and O–H groups in total. The number of piperidine rings is 1. The fourth-order valence-electron chi connectivity index (χ4n) is 4.08. The van der Waals surface area contributed by atoms with Gasteiger partial charge in [-0.05, 0) is 57.5 Å². The van der Waals surface area contributed by atoms with Gasteiger partial charge in [0, 0.05) is 25.7 Å². The third-order valence-corrected chi connectivity index (χ3v) is 5.32. The van der Waals surface area contributed by atoms with E-state index in [4.69, 9.17) is 0 Å². The van der Waals surface area contributed by atoms with Crippen LogP contribution < -0.4 is 0 Å². The van der Waals surface area contributed by atoms with E-state index in [0.717, 1.165) is 24.6 Å². The van der Waals surface area contributed by atoms with E-state index in [2.05, 4.69) is 43.6 Å². The molecular weight excluding hydrogens is 272 g/mol. The molecule has 0 bridgehead atoms. The third kappa shape index (κ3) is 2.90. The summed E-state index contributed by atoms with van der Waals surface area (Å²) in [5.41, 5.74) is 2.37. The van der Waals surface area contributed by atoms with Gasteiger partial charge in [0.25, 0.3) is 0 Å². The predicted octanol–water partition coefficient (Wildman–Crippen LogP) is 2.60. The molecule has 1 atom stereocenters. The van der Waals surface area contributed by atoms with Gasteiger partial charge in [-0.25, -0.2) is 4.98 Å². The lowest BCUT2D eigenvalue weighted by molar-refractivity contribution is 0.113. The molecule has 4 heteroatoms. The van der Waals surface area contributed by atoms with Crippen LogP contribution in [-0.2, 0) is 6.54 Å². The van der Waals surface area contributed by atoms with E-state index in [1.54, 1.807) is 0 Å². The first-order chi connectivity index (χ1) is 10.9. The number of rotatable bonds is 4. The zero-order chi connectivity index (χ0) is 14.8. The van der Waals surface area contributed by atoms with Crippen LogP contribution in [0.4, 0.5) is 0 Å². The van der Waals surface area contributed by atoms with E-state index < -0.39 is 0 Å². The summed E-state index contributed by atoms with van der Waals surface area (Å²) < 4.78 is 2.30. The third-order valence-electron chi connectivity index (χ3n) is 5.32. The number of nitrogens with zero attached hydrogens (tertiary/aromatic N) is 4. The molecule has 2 saturated heterocycles. The maximum absolute atomic E-state index is 4.50. The molecule has 0 aliphatic carbocycles. The van der Waals surface area contributed by atoms with Crippen LogP contribution in [0.1, 0.15) is 25.7 Å². The zero-order valence-corrected chi connectivity index (χ0v) is 13.3. The summed E-state index contributed by atoms with van der Waals surface area (Å²) in [6.45, 7) is 7.36. The van der Waals surface area contributed by atoms with E-state index in [1.165, 1.54) is 57.4 Å². The molecule has 0 amide bonds. The van der Waals surface area contributed by atoms with Gasteiger partial charge in [-0.2, -0.15) is 0 Å². The fourth-order valence-corrected chi connectivity index (χ4v) is 4.08. The molecule has 118 valence electrons. The van der Waals surface area contributed by atoms with Gasteiger partial charge in [0.15, 0.2) is 0 Å². The lowest BCUT2D eigenvalue weighted by Gasteiger charge is -2.37. The number of benzene rings is 1. The highest BCUT2D eigenvalue weighted by Crippen LogP contribution is 2.20. The average molecular weight is 298 g/mol. The maximum Gasteiger partial charge on any atom is 0.0958 e. The standard InChI is InChI=1S/C18H26N4/c1-2-8-18-17(7-1)19-15-22(18)13-12-20-9-5-6-16(14-20)21-10-3-4-11-21/h1-2,7-8,15-16H,3-6,9-14H2. The summed E-state index contributed by atoms with van der Waals surface area (Å²) in [6.07, 6.45) is 7.54. The molecule has 0 radical (unpaired) electrons. The molecule has 1 aromatic heterocycles. The number of aromatic nitrogens is 2. The van der Waals surface area contributed by atoms with Crippen molar-refractivity contribution in [2.75, 3.05) is 32.7 Å². The molecule has 3 heterocycles. The Morgan fingerprint density at radius 1 is 1.00 bits per heavy atom. The Hall–Kier alpha value is -1.39. The van der Waals surface area contributed by atoms with Crippen LogP contribution >= 0.6 is 0 Å². The Labute approximate surface area is 132 Å². The van der Waals surface area contributed by atoms with Crippen molar-refractivity contribution in [2.24, 2.45) is 0 Å². The molecule has 2 aliphatic rings. The van der Waals surface area contributed by atoms with E-state index >= 15 is 0 Å². The number of hydrogen-bond donors (Lipinski definition) is 0. The first-order valence-corrected chi connectivity index (χ1v) is 8.76. The van der Waals surface area contributed by atoms with E-state index in [0.29, 0.717) is 0 Å². The summed E-state index contributed by atoms with van der Waals surface area (Å²) in [4.78, 5) is 9.87. The molecule has 4 nitrogen and oxygen atoms in total. The van der Waals surface area contributed by atoms with Crippen LogP contribution in [-0.4, -0.2) is 58.1 Å². The van der Waals surface area contributed by atoms with Gasteiger partial charge < -0.3 is 9.47 Å². The van der Waals surface area contributed by atoms with Gasteiger partial charge in [-0.3, -0.25) is 4.90 Å². The Morgan fingerprint density at radius 3 is 2.77 bits per heavy atom. The van der Waals surface area contributed by atoms with E-state index in [9.17, 15) is 0 Å². The van der Waals surface area contributed by atoms with Crippen molar-refractivity contribution in [1.82, 2.24) is 19.4 Å². The van der Waals surface area contributed by atoms with Crippen LogP contribution in [0.2, 0.25) is 0 Å². The Kier molecular flexibility index (Phi) is 4.13. The quantitative estimate of drug-likeness (QED) is 0.867. The molecular formula is C18H26N4. The second-order valence-corrected chi connectivity index (χ2v) is 6.77. The van der Waals surface area contributed by atoms with Crippen molar-refractivity contribution in [2.45, 2.75) is 38.3 Å². The lowest BCUT2D eigenvalue weighted by Crippen LogP contribution is -2.47. The molecule has 22 heavy (non-hydrogen) atoms. The van der Waals surface area contributed by atoms with Crippen molar-refractivity contribution >= 4 is 11.0 Å². The Balaban J connectivity index is 1.36. The molecule has 1 unspecified atom stereocenters. The molecule has 2 fully saturated rings. The number of hydrogen-bond acceptors (Lipinski definition) is 3. The summed E-state index contributed by atoms with van der Waals surface area (Å²) in [5, 5.41) is 0. The summed E-state index contributed by atoms with van der Waals surface area (Å²) in [5.74, 6) is 0. The molecule has 4 rings (SSSR count). The zero-order valence-electron chi connectivity index (χ0n) is 13.3. The van der Waals surface area contributed by atoms with Gasteiger partial charge >= 0.3 is 0 Å². The van der Waals surface area contributed by atoms with Gasteiger partial charge in [0.05, 0.1) is 17.4 Å². The molecule has 0 saturated carbocycles. The molecule has 0 spiro atoms. The smallest absolute Gasteiger partial charge is 0.0958 e. The minimum Gasteiger partial charge on any atom is -0.329 e. The average Bonchev–Trinajstić information content (AvgIpc) is 3.23. The number of imidazole rings is 1. The Morgan fingerprint density at radius 2 is 1.86 bits per heavy atom. The lowest BCUT2D eigenvalue weighted by atomic mass is 10.0. The van der Waals surface area contributed by atoms with Gasteiger partial charge in [-0.15, -0.1) is 0 Å². The monoisotopic (exact) mass is 298 g/mol. The molecule has 2 aromatic rings. The predicted molar refractivity (Wildman–Crippen MR) is 90.0 cm³/mol. The molecule has 1 aromatic carbocycles. The Bertz CT molecular complexity index is 614. The highest BCUT2D eigenvalue weighted by atomic mass is 15.2. The van der Waals surface area contributed by atoms with E-state index in [-0.39, 0.29) is 0 Å². The fraction of sp³-hybridized carbons (Fsp3) is 0.611. The first kappa shape index (κ1) is 14.2. The highest BCUT2D eigenvalue weighted by molar-refractivity contribution is 5.74. The van der Waals surface area contributed by atoms with Crippen molar-refractivity contribution in [3.05, 3.63) is 30.6 Å². The van der Waals surface area contributed by atoms with Crippen LogP contribution in [0, 0.1) is 0 Å². The van der Waals surface area contributed by atoms with Crippen molar-refractivity contribution in [3.8, 4) is 0 Å². The number of para-hydroxylation sites is 2. The summed E-state index contributed by atoms with van der Waals surface area (Å²) in [6, 6.07) is 9.23. The minimum atomic E-state index is 0.802. The van der Waals surface area contributed by atoms with Crippen molar-refractivity contribution in [3.63, 3.8) is 0 Å². The topological polar surface area (TPSA) is 24.3 Å². The second-order valence-electron chi connectivity index (χ2n) is 6.77. The minimum absolute atomic E-state index is 0.802. The SMILES string of the molecule is c1ccc2c(c1)ncn2CCN1CCCC(N2CCCC2)C1. The highest BCUT2D eigenvalue weighted by Gasteiger charge is 2.26. The van der Waals surface area contributed by atoms with Crippen molar-refractivity contribution in [1.29, 1.82) is 0 Å². The normalized spacial score (nSPS) is 24.3. The van der Waals surface area contributed by atoms with Crippen LogP contribution in [0.25, 0.3) is 11.0 Å². The summed E-state index contributed by atoms with van der Waals surface area (Å²) >= 11 is 0. The number of fused-ring (bicyclic) bond motifs is 1. The van der Waals surface area contributed by atoms with E-state index in [1.807, 2.05) is 6.33 Å².